The highest BCUT2D eigenvalue weighted by Gasteiger charge is 2.42. The second-order valence-electron chi connectivity index (χ2n) is 5.47. The summed E-state index contributed by atoms with van der Waals surface area (Å²) in [5.41, 5.74) is 3.04. The second kappa shape index (κ2) is 7.34. The highest BCUT2D eigenvalue weighted by atomic mass is 16.5. The molecular formula is C14H30N2O. The largest absolute Gasteiger partial charge is 0.374 e. The minimum atomic E-state index is -0.0175. The van der Waals surface area contributed by atoms with Gasteiger partial charge in [-0.25, -0.2) is 0 Å². The van der Waals surface area contributed by atoms with Gasteiger partial charge < -0.3 is 4.74 Å². The van der Waals surface area contributed by atoms with E-state index in [2.05, 4.69) is 26.2 Å². The number of nitrogens with two attached hydrogens (primary N) is 1. The number of ether oxygens (including phenoxy) is 1. The summed E-state index contributed by atoms with van der Waals surface area (Å²) in [4.78, 5) is 0. The van der Waals surface area contributed by atoms with E-state index in [4.69, 9.17) is 10.6 Å². The lowest BCUT2D eigenvalue weighted by Gasteiger charge is -2.45. The fourth-order valence-electron chi connectivity index (χ4n) is 3.44. The topological polar surface area (TPSA) is 47.3 Å². The summed E-state index contributed by atoms with van der Waals surface area (Å²) in [6.45, 7) is 7.41. The Morgan fingerprint density at radius 3 is 2.35 bits per heavy atom. The molecule has 1 rings (SSSR count). The number of rotatable bonds is 7. The van der Waals surface area contributed by atoms with Gasteiger partial charge in [0, 0.05) is 6.61 Å². The first-order valence-electron chi connectivity index (χ1n) is 7.30. The van der Waals surface area contributed by atoms with Crippen molar-refractivity contribution < 1.29 is 4.74 Å². The molecule has 0 saturated heterocycles. The minimum Gasteiger partial charge on any atom is -0.374 e. The van der Waals surface area contributed by atoms with Crippen molar-refractivity contribution in [1.29, 1.82) is 0 Å². The van der Waals surface area contributed by atoms with Gasteiger partial charge in [0.05, 0.1) is 11.6 Å². The van der Waals surface area contributed by atoms with Crippen molar-refractivity contribution >= 4 is 0 Å². The Hall–Kier alpha value is -0.120. The first kappa shape index (κ1) is 14.9. The predicted octanol–water partition coefficient (Wildman–Crippen LogP) is 2.99. The van der Waals surface area contributed by atoms with Crippen LogP contribution in [0.3, 0.4) is 0 Å². The molecule has 0 aromatic heterocycles. The molecule has 102 valence electrons. The van der Waals surface area contributed by atoms with Gasteiger partial charge in [-0.15, -0.1) is 0 Å². The summed E-state index contributed by atoms with van der Waals surface area (Å²) in [5, 5.41) is 0. The molecule has 0 aromatic rings. The smallest absolute Gasteiger partial charge is 0.0850 e. The van der Waals surface area contributed by atoms with Crippen LogP contribution in [-0.4, -0.2) is 18.2 Å². The minimum absolute atomic E-state index is 0.0175. The molecule has 2 atom stereocenters. The van der Waals surface area contributed by atoms with Gasteiger partial charge in [-0.1, -0.05) is 39.5 Å². The van der Waals surface area contributed by atoms with E-state index in [0.29, 0.717) is 12.0 Å². The summed E-state index contributed by atoms with van der Waals surface area (Å²) in [6, 6.07) is 0.294. The predicted molar refractivity (Wildman–Crippen MR) is 72.6 cm³/mol. The zero-order valence-corrected chi connectivity index (χ0v) is 11.8. The molecule has 3 nitrogen and oxygen atoms in total. The molecule has 1 aliphatic carbocycles. The highest BCUT2D eigenvalue weighted by molar-refractivity contribution is 4.97. The summed E-state index contributed by atoms with van der Waals surface area (Å²) in [5.74, 6) is 6.40. The molecule has 1 fully saturated rings. The summed E-state index contributed by atoms with van der Waals surface area (Å²) >= 11 is 0. The van der Waals surface area contributed by atoms with Crippen molar-refractivity contribution in [3.63, 3.8) is 0 Å². The van der Waals surface area contributed by atoms with Crippen molar-refractivity contribution in [2.24, 2.45) is 11.8 Å². The van der Waals surface area contributed by atoms with E-state index >= 15 is 0 Å². The molecule has 0 spiro atoms. The van der Waals surface area contributed by atoms with E-state index in [9.17, 15) is 0 Å². The molecule has 2 unspecified atom stereocenters. The Balaban J connectivity index is 2.77. The fourth-order valence-corrected chi connectivity index (χ4v) is 3.44. The molecule has 1 saturated carbocycles. The van der Waals surface area contributed by atoms with Crippen LogP contribution < -0.4 is 11.3 Å². The maximum Gasteiger partial charge on any atom is 0.0850 e. The SMILES string of the molecule is CCCC(C)C(NN)C1(OCC)CCCCC1. The molecule has 3 heteroatoms. The van der Waals surface area contributed by atoms with Crippen molar-refractivity contribution in [1.82, 2.24) is 5.43 Å². The van der Waals surface area contributed by atoms with Crippen molar-refractivity contribution in [2.45, 2.75) is 77.4 Å². The summed E-state index contributed by atoms with van der Waals surface area (Å²) < 4.78 is 6.15. The summed E-state index contributed by atoms with van der Waals surface area (Å²) in [7, 11) is 0. The van der Waals surface area contributed by atoms with E-state index < -0.39 is 0 Å². The molecule has 17 heavy (non-hydrogen) atoms. The molecule has 1 aliphatic rings. The van der Waals surface area contributed by atoms with Crippen molar-refractivity contribution in [3.05, 3.63) is 0 Å². The van der Waals surface area contributed by atoms with Gasteiger partial charge in [-0.05, 0) is 32.1 Å². The molecule has 0 aliphatic heterocycles. The lowest BCUT2D eigenvalue weighted by molar-refractivity contribution is -0.102. The first-order chi connectivity index (χ1) is 8.20. The maximum atomic E-state index is 6.15. The molecular weight excluding hydrogens is 212 g/mol. The molecule has 3 N–H and O–H groups in total. The second-order valence-corrected chi connectivity index (χ2v) is 5.47. The quantitative estimate of drug-likeness (QED) is 0.533. The van der Waals surface area contributed by atoms with E-state index in [1.807, 2.05) is 0 Å². The Morgan fingerprint density at radius 2 is 1.88 bits per heavy atom. The molecule has 0 bridgehead atoms. The van der Waals surface area contributed by atoms with Crippen molar-refractivity contribution in [3.8, 4) is 0 Å². The average molecular weight is 242 g/mol. The molecule has 0 radical (unpaired) electrons. The number of nitrogens with one attached hydrogen (secondary N) is 1. The Morgan fingerprint density at radius 1 is 1.24 bits per heavy atom. The van der Waals surface area contributed by atoms with Gasteiger partial charge in [-0.3, -0.25) is 11.3 Å². The zero-order chi connectivity index (χ0) is 12.7. The maximum absolute atomic E-state index is 6.15. The third kappa shape index (κ3) is 3.67. The highest BCUT2D eigenvalue weighted by Crippen LogP contribution is 2.37. The standard InChI is InChI=1S/C14H30N2O/c1-4-9-12(3)13(16-15)14(17-5-2)10-7-6-8-11-14/h12-13,16H,4-11,15H2,1-3H3. The van der Waals surface area contributed by atoms with Gasteiger partial charge >= 0.3 is 0 Å². The molecule has 0 amide bonds. The number of hydrogen-bond acceptors (Lipinski definition) is 3. The fraction of sp³-hybridized carbons (Fsp3) is 1.00. The van der Waals surface area contributed by atoms with Crippen LogP contribution in [0.1, 0.15) is 65.7 Å². The van der Waals surface area contributed by atoms with E-state index in [1.165, 1.54) is 32.1 Å². The van der Waals surface area contributed by atoms with Gasteiger partial charge in [0.1, 0.15) is 0 Å². The third-order valence-corrected chi connectivity index (χ3v) is 4.19. The third-order valence-electron chi connectivity index (χ3n) is 4.19. The lowest BCUT2D eigenvalue weighted by atomic mass is 9.74. The van der Waals surface area contributed by atoms with E-state index in [-0.39, 0.29) is 5.60 Å². The zero-order valence-electron chi connectivity index (χ0n) is 11.8. The van der Waals surface area contributed by atoms with Gasteiger partial charge in [0.15, 0.2) is 0 Å². The van der Waals surface area contributed by atoms with Crippen LogP contribution in [0.5, 0.6) is 0 Å². The number of hydrazine groups is 1. The lowest BCUT2D eigenvalue weighted by Crippen LogP contribution is -2.58. The Kier molecular flexibility index (Phi) is 6.45. The summed E-state index contributed by atoms with van der Waals surface area (Å²) in [6.07, 6.45) is 8.63. The van der Waals surface area contributed by atoms with Crippen LogP contribution in [0.4, 0.5) is 0 Å². The van der Waals surface area contributed by atoms with Crippen LogP contribution in [0.2, 0.25) is 0 Å². The van der Waals surface area contributed by atoms with Crippen LogP contribution in [-0.2, 0) is 4.74 Å². The van der Waals surface area contributed by atoms with Gasteiger partial charge in [0.25, 0.3) is 0 Å². The van der Waals surface area contributed by atoms with Crippen molar-refractivity contribution in [2.75, 3.05) is 6.61 Å². The van der Waals surface area contributed by atoms with E-state index in [1.54, 1.807) is 0 Å². The average Bonchev–Trinajstić information content (AvgIpc) is 2.31. The van der Waals surface area contributed by atoms with Crippen LogP contribution >= 0.6 is 0 Å². The Labute approximate surface area is 106 Å². The van der Waals surface area contributed by atoms with Crippen LogP contribution in [0.25, 0.3) is 0 Å². The molecule has 0 heterocycles. The molecule has 0 aromatic carbocycles. The van der Waals surface area contributed by atoms with Crippen LogP contribution in [0.15, 0.2) is 0 Å². The van der Waals surface area contributed by atoms with E-state index in [0.717, 1.165) is 19.4 Å². The monoisotopic (exact) mass is 242 g/mol. The van der Waals surface area contributed by atoms with Gasteiger partial charge in [0.2, 0.25) is 0 Å². The normalized spacial score (nSPS) is 23.3. The first-order valence-corrected chi connectivity index (χ1v) is 7.30. The van der Waals surface area contributed by atoms with Gasteiger partial charge in [-0.2, -0.15) is 0 Å². The number of hydrogen-bond donors (Lipinski definition) is 2. The van der Waals surface area contributed by atoms with Crippen LogP contribution in [0, 0.1) is 5.92 Å². The Bertz CT molecular complexity index is 197.